The van der Waals surface area contributed by atoms with Crippen LogP contribution in [-0.2, 0) is 16.0 Å². The minimum atomic E-state index is -1.06. The van der Waals surface area contributed by atoms with E-state index >= 15 is 0 Å². The number of primary amides is 2. The summed E-state index contributed by atoms with van der Waals surface area (Å²) in [6.45, 7) is 3.34. The molecule has 1 saturated heterocycles. The number of methoxy groups -OCH3 is 1. The van der Waals surface area contributed by atoms with Gasteiger partial charge in [0, 0.05) is 0 Å². The molecule has 2 amide bonds. The molecule has 4 aliphatic rings. The molecule has 2 saturated carbocycles. The summed E-state index contributed by atoms with van der Waals surface area (Å²) in [5.74, 6) is -0.325. The maximum atomic E-state index is 13.5. The number of allylic oxidation sites excluding steroid dienone is 2. The van der Waals surface area contributed by atoms with Crippen molar-refractivity contribution >= 4 is 23.4 Å². The van der Waals surface area contributed by atoms with Gasteiger partial charge in [0.25, 0.3) is 0 Å². The Kier molecular flexibility index (Phi) is 5.96. The summed E-state index contributed by atoms with van der Waals surface area (Å²) < 4.78 is 5.31. The summed E-state index contributed by atoms with van der Waals surface area (Å²) >= 11 is 6.43. The Morgan fingerprint density at radius 2 is 1.71 bits per heavy atom. The molecule has 4 N–H and O–H groups in total. The largest absolute Gasteiger partial charge is 0.495 e. The van der Waals surface area contributed by atoms with Crippen LogP contribution in [0.5, 0.6) is 5.75 Å². The first-order valence-electron chi connectivity index (χ1n) is 12.6. The van der Waals surface area contributed by atoms with E-state index in [4.69, 9.17) is 27.8 Å². The lowest BCUT2D eigenvalue weighted by atomic mass is 9.53. The molecule has 1 spiro atoms. The molecule has 3 aliphatic carbocycles. The lowest BCUT2D eigenvalue weighted by Gasteiger charge is -2.48. The van der Waals surface area contributed by atoms with Crippen molar-refractivity contribution in [2.75, 3.05) is 26.7 Å². The molecule has 184 valence electrons. The summed E-state index contributed by atoms with van der Waals surface area (Å²) in [6.07, 6.45) is 11.7. The predicted molar refractivity (Wildman–Crippen MR) is 132 cm³/mol. The van der Waals surface area contributed by atoms with Crippen LogP contribution in [0.1, 0.15) is 50.5 Å². The molecule has 6 nitrogen and oxygen atoms in total. The van der Waals surface area contributed by atoms with Gasteiger partial charge in [0.15, 0.2) is 0 Å². The molecule has 2 bridgehead atoms. The van der Waals surface area contributed by atoms with Gasteiger partial charge in [-0.05, 0) is 99.5 Å². The van der Waals surface area contributed by atoms with E-state index in [1.165, 1.54) is 12.8 Å². The normalized spacial score (nSPS) is 33.0. The van der Waals surface area contributed by atoms with Crippen LogP contribution in [0, 0.1) is 28.1 Å². The first-order chi connectivity index (χ1) is 16.3. The molecule has 34 heavy (non-hydrogen) atoms. The molecule has 7 heteroatoms. The number of amides is 2. The third kappa shape index (κ3) is 3.25. The zero-order valence-corrected chi connectivity index (χ0v) is 20.8. The van der Waals surface area contributed by atoms with Crippen molar-refractivity contribution in [1.82, 2.24) is 4.90 Å². The Balaban J connectivity index is 1.51. The molecule has 1 heterocycles. The van der Waals surface area contributed by atoms with Crippen LogP contribution in [-0.4, -0.2) is 43.5 Å². The Labute approximate surface area is 207 Å². The highest BCUT2D eigenvalue weighted by Crippen LogP contribution is 2.81. The molecule has 1 aromatic rings. The summed E-state index contributed by atoms with van der Waals surface area (Å²) in [5, 5.41) is 0.481. The van der Waals surface area contributed by atoms with E-state index in [0.29, 0.717) is 23.6 Å². The highest BCUT2D eigenvalue weighted by atomic mass is 35.5. The van der Waals surface area contributed by atoms with Gasteiger partial charge in [-0.3, -0.25) is 9.59 Å². The fraction of sp³-hybridized carbons (Fsp3) is 0.630. The number of carbonyl (C=O) groups excluding carboxylic acids is 2. The van der Waals surface area contributed by atoms with Crippen LogP contribution in [0.2, 0.25) is 5.02 Å². The second-order valence-electron chi connectivity index (χ2n) is 10.9. The number of hydrogen-bond donors (Lipinski definition) is 2. The lowest BCUT2D eigenvalue weighted by Crippen LogP contribution is -2.60. The van der Waals surface area contributed by atoms with E-state index < -0.39 is 16.7 Å². The monoisotopic (exact) mass is 485 g/mol. The van der Waals surface area contributed by atoms with Crippen molar-refractivity contribution in [3.8, 4) is 5.75 Å². The van der Waals surface area contributed by atoms with Gasteiger partial charge < -0.3 is 21.1 Å². The predicted octanol–water partition coefficient (Wildman–Crippen LogP) is 3.70. The number of likely N-dealkylation sites (tertiary alicyclic amines) is 1. The molecule has 0 radical (unpaired) electrons. The van der Waals surface area contributed by atoms with Gasteiger partial charge in [0.05, 0.1) is 23.0 Å². The number of hydrogen-bond acceptors (Lipinski definition) is 4. The van der Waals surface area contributed by atoms with Crippen molar-refractivity contribution in [3.63, 3.8) is 0 Å². The van der Waals surface area contributed by atoms with Gasteiger partial charge in [-0.25, -0.2) is 0 Å². The van der Waals surface area contributed by atoms with Crippen molar-refractivity contribution in [2.45, 2.75) is 51.4 Å². The minimum Gasteiger partial charge on any atom is -0.495 e. The van der Waals surface area contributed by atoms with Crippen LogP contribution in [0.4, 0.5) is 0 Å². The number of nitrogens with zero attached hydrogens (tertiary/aromatic N) is 1. The summed E-state index contributed by atoms with van der Waals surface area (Å²) in [5.41, 5.74) is 11.3. The molecular weight excluding hydrogens is 450 g/mol. The molecule has 0 unspecified atom stereocenters. The molecule has 3 fully saturated rings. The maximum absolute atomic E-state index is 13.5. The van der Waals surface area contributed by atoms with Crippen molar-refractivity contribution < 1.29 is 14.3 Å². The lowest BCUT2D eigenvalue weighted by molar-refractivity contribution is -0.151. The standard InChI is InChI=1S/C27H36ClN3O3/c1-34-20-7-6-18(16-19(20)28)17-27(24(30)33)22-9-8-21(25(22)11-12-25)26(27,23(29)32)10-2-3-13-31-14-4-5-15-31/h6-9,16,21-22H,2-5,10-15,17H2,1H3,(H2,29,32)(H2,30,33)/t21-,22+,26+,27+/m1/s1. The zero-order valence-electron chi connectivity index (χ0n) is 20.0. The number of nitrogens with two attached hydrogens (primary N) is 2. The van der Waals surface area contributed by atoms with Crippen molar-refractivity contribution in [2.24, 2.45) is 39.5 Å². The molecule has 1 aromatic carbocycles. The number of halogens is 1. The molecule has 4 atom stereocenters. The summed E-state index contributed by atoms with van der Waals surface area (Å²) in [4.78, 5) is 29.5. The number of rotatable bonds is 10. The van der Waals surface area contributed by atoms with E-state index in [2.05, 4.69) is 17.1 Å². The SMILES string of the molecule is COc1ccc(C[C@@]2(C(N)=O)[C@H]3C=C[C@H](C34CC4)[C@@]2(CCCCN2CCCC2)C(N)=O)cc1Cl. The topological polar surface area (TPSA) is 98.7 Å². The first kappa shape index (κ1) is 23.7. The van der Waals surface area contributed by atoms with Gasteiger partial charge >= 0.3 is 0 Å². The molecule has 1 aliphatic heterocycles. The first-order valence-corrected chi connectivity index (χ1v) is 13.0. The van der Waals surface area contributed by atoms with Gasteiger partial charge in [0.2, 0.25) is 11.8 Å². The third-order valence-electron chi connectivity index (χ3n) is 9.49. The second kappa shape index (κ2) is 8.56. The Hall–Kier alpha value is -2.05. The Morgan fingerprint density at radius 3 is 2.26 bits per heavy atom. The van der Waals surface area contributed by atoms with E-state index in [1.54, 1.807) is 7.11 Å². The average molecular weight is 486 g/mol. The van der Waals surface area contributed by atoms with E-state index in [9.17, 15) is 9.59 Å². The van der Waals surface area contributed by atoms with E-state index in [1.807, 2.05) is 18.2 Å². The highest BCUT2D eigenvalue weighted by molar-refractivity contribution is 6.32. The minimum absolute atomic E-state index is 0.0319. The quantitative estimate of drug-likeness (QED) is 0.390. The third-order valence-corrected chi connectivity index (χ3v) is 9.79. The van der Waals surface area contributed by atoms with Crippen LogP contribution in [0.25, 0.3) is 0 Å². The van der Waals surface area contributed by atoms with Gasteiger partial charge in [0.1, 0.15) is 5.75 Å². The number of benzene rings is 1. The highest BCUT2D eigenvalue weighted by Gasteiger charge is 2.81. The fourth-order valence-corrected chi connectivity index (χ4v) is 8.20. The molecule has 0 aromatic heterocycles. The average Bonchev–Trinajstić information content (AvgIpc) is 3.17. The number of unbranched alkanes of at least 4 members (excludes halogenated alkanes) is 1. The fourth-order valence-electron chi connectivity index (χ4n) is 7.92. The van der Waals surface area contributed by atoms with Gasteiger partial charge in [-0.1, -0.05) is 36.2 Å². The Morgan fingerprint density at radius 1 is 1.06 bits per heavy atom. The van der Waals surface area contributed by atoms with Crippen molar-refractivity contribution in [1.29, 1.82) is 0 Å². The smallest absolute Gasteiger partial charge is 0.225 e. The Bertz CT molecular complexity index is 1020. The molecular formula is C27H36ClN3O3. The van der Waals surface area contributed by atoms with Crippen LogP contribution < -0.4 is 16.2 Å². The van der Waals surface area contributed by atoms with Crippen LogP contribution in [0.15, 0.2) is 30.4 Å². The molecule has 5 rings (SSSR count). The summed E-state index contributed by atoms with van der Waals surface area (Å²) in [6, 6.07) is 5.56. The van der Waals surface area contributed by atoms with E-state index in [0.717, 1.165) is 50.9 Å². The summed E-state index contributed by atoms with van der Waals surface area (Å²) in [7, 11) is 1.57. The van der Waals surface area contributed by atoms with Gasteiger partial charge in [-0.15, -0.1) is 0 Å². The number of ether oxygens (including phenoxy) is 1. The van der Waals surface area contributed by atoms with Crippen molar-refractivity contribution in [3.05, 3.63) is 40.9 Å². The van der Waals surface area contributed by atoms with Crippen LogP contribution in [0.3, 0.4) is 0 Å². The van der Waals surface area contributed by atoms with Gasteiger partial charge in [-0.2, -0.15) is 0 Å². The zero-order chi connectivity index (χ0) is 24.1. The van der Waals surface area contributed by atoms with E-state index in [-0.39, 0.29) is 23.2 Å². The number of carbonyl (C=O) groups is 2. The van der Waals surface area contributed by atoms with Crippen LogP contribution >= 0.6 is 11.6 Å². The second-order valence-corrected chi connectivity index (χ2v) is 11.3. The maximum Gasteiger partial charge on any atom is 0.225 e.